The van der Waals surface area contributed by atoms with Crippen molar-refractivity contribution in [2.45, 2.75) is 57.0 Å². The molecule has 1 saturated heterocycles. The van der Waals surface area contributed by atoms with Crippen molar-refractivity contribution in [3.8, 4) is 11.5 Å². The summed E-state index contributed by atoms with van der Waals surface area (Å²) in [5, 5.41) is 10.3. The maximum Gasteiger partial charge on any atom is 0.174 e. The molecule has 118 valence electrons. The number of ketones is 1. The van der Waals surface area contributed by atoms with Gasteiger partial charge in [0.2, 0.25) is 0 Å². The van der Waals surface area contributed by atoms with Crippen molar-refractivity contribution in [3.63, 3.8) is 0 Å². The number of nitrogens with zero attached hydrogens (tertiary/aromatic N) is 1. The quantitative estimate of drug-likeness (QED) is 0.860. The number of aromatic hydroxyl groups is 1. The molecule has 4 nitrogen and oxygen atoms in total. The smallest absolute Gasteiger partial charge is 0.174 e. The van der Waals surface area contributed by atoms with Gasteiger partial charge in [-0.15, -0.1) is 0 Å². The maximum absolute atomic E-state index is 12.6. The van der Waals surface area contributed by atoms with Crippen LogP contribution in [0.5, 0.6) is 11.5 Å². The van der Waals surface area contributed by atoms with Crippen LogP contribution in [0.1, 0.15) is 61.7 Å². The molecule has 2 aliphatic heterocycles. The number of rotatable bonds is 1. The summed E-state index contributed by atoms with van der Waals surface area (Å²) in [6.45, 7) is 2.02. The maximum atomic E-state index is 12.6. The third-order valence-corrected chi connectivity index (χ3v) is 5.39. The summed E-state index contributed by atoms with van der Waals surface area (Å²) in [5.41, 5.74) is 1.05. The van der Waals surface area contributed by atoms with Crippen LogP contribution in [0, 0.1) is 0 Å². The topological polar surface area (TPSA) is 49.8 Å². The fourth-order valence-electron chi connectivity index (χ4n) is 4.23. The van der Waals surface area contributed by atoms with Gasteiger partial charge in [0.05, 0.1) is 6.42 Å². The lowest BCUT2D eigenvalue weighted by atomic mass is 9.78. The first-order valence-corrected chi connectivity index (χ1v) is 8.51. The molecule has 1 aromatic rings. The van der Waals surface area contributed by atoms with Crippen LogP contribution < -0.4 is 9.64 Å². The Hall–Kier alpha value is -1.71. The van der Waals surface area contributed by atoms with Crippen molar-refractivity contribution in [3.05, 3.63) is 17.7 Å². The van der Waals surface area contributed by atoms with Gasteiger partial charge in [0.1, 0.15) is 22.7 Å². The molecular weight excluding hydrogens is 278 g/mol. The van der Waals surface area contributed by atoms with Crippen LogP contribution in [-0.2, 0) is 0 Å². The van der Waals surface area contributed by atoms with Crippen LogP contribution in [0.2, 0.25) is 0 Å². The molecule has 1 N–H and O–H groups in total. The van der Waals surface area contributed by atoms with Gasteiger partial charge in [-0.1, -0.05) is 6.42 Å². The number of carbonyl (C=O) groups is 1. The van der Waals surface area contributed by atoms with Crippen LogP contribution in [0.3, 0.4) is 0 Å². The van der Waals surface area contributed by atoms with E-state index in [9.17, 15) is 9.90 Å². The molecule has 22 heavy (non-hydrogen) atoms. The lowest BCUT2D eigenvalue weighted by Gasteiger charge is -2.41. The van der Waals surface area contributed by atoms with E-state index in [0.717, 1.165) is 44.5 Å². The molecule has 0 unspecified atom stereocenters. The zero-order chi connectivity index (χ0) is 15.2. The Morgan fingerprint density at radius 2 is 1.77 bits per heavy atom. The first-order chi connectivity index (χ1) is 10.7. The van der Waals surface area contributed by atoms with Crippen LogP contribution in [0.4, 0.5) is 5.69 Å². The van der Waals surface area contributed by atoms with E-state index in [2.05, 4.69) is 4.90 Å². The number of fused-ring (bicyclic) bond motifs is 1. The van der Waals surface area contributed by atoms with E-state index in [0.29, 0.717) is 17.7 Å². The molecule has 0 aromatic heterocycles. The van der Waals surface area contributed by atoms with E-state index in [1.165, 1.54) is 19.3 Å². The average Bonchev–Trinajstić information content (AvgIpc) is 3.01. The fraction of sp³-hybridized carbons (Fsp3) is 0.611. The van der Waals surface area contributed by atoms with E-state index < -0.39 is 0 Å². The minimum absolute atomic E-state index is 0.0358. The number of carbonyl (C=O) groups excluding carboxylic acids is 1. The molecule has 2 fully saturated rings. The molecule has 3 aliphatic rings. The molecule has 0 bridgehead atoms. The predicted molar refractivity (Wildman–Crippen MR) is 84.9 cm³/mol. The van der Waals surface area contributed by atoms with Gasteiger partial charge in [0, 0.05) is 30.9 Å². The minimum Gasteiger partial charge on any atom is -0.507 e. The van der Waals surface area contributed by atoms with Crippen LogP contribution >= 0.6 is 0 Å². The standard InChI is InChI=1S/C18H23NO3/c20-14-10-13(19-8-4-5-9-19)11-16-17(14)15(21)12-18(22-16)6-2-1-3-7-18/h10-11,20H,1-9,12H2. The second-order valence-corrected chi connectivity index (χ2v) is 6.98. The Bertz CT molecular complexity index is 599. The molecule has 1 spiro atoms. The Labute approximate surface area is 131 Å². The highest BCUT2D eigenvalue weighted by Crippen LogP contribution is 2.46. The van der Waals surface area contributed by atoms with Crippen LogP contribution in [0.15, 0.2) is 12.1 Å². The highest BCUT2D eigenvalue weighted by molar-refractivity contribution is 6.03. The lowest BCUT2D eigenvalue weighted by Crippen LogP contribution is -2.43. The van der Waals surface area contributed by atoms with Crippen molar-refractivity contribution in [2.24, 2.45) is 0 Å². The Balaban J connectivity index is 1.72. The molecule has 4 heteroatoms. The second kappa shape index (κ2) is 5.18. The number of hydrogen-bond donors (Lipinski definition) is 1. The molecule has 0 amide bonds. The average molecular weight is 301 g/mol. The number of Topliss-reactive ketones (excluding diaryl/α,β-unsaturated/α-hetero) is 1. The number of benzene rings is 1. The lowest BCUT2D eigenvalue weighted by molar-refractivity contribution is 0.0132. The monoisotopic (exact) mass is 301 g/mol. The number of hydrogen-bond acceptors (Lipinski definition) is 4. The zero-order valence-electron chi connectivity index (χ0n) is 12.9. The molecule has 0 radical (unpaired) electrons. The van der Waals surface area contributed by atoms with Crippen molar-refractivity contribution in [1.29, 1.82) is 0 Å². The number of ether oxygens (including phenoxy) is 1. The van der Waals surface area contributed by atoms with E-state index in [1.807, 2.05) is 6.07 Å². The summed E-state index contributed by atoms with van der Waals surface area (Å²) in [4.78, 5) is 14.8. The molecule has 4 rings (SSSR count). The van der Waals surface area contributed by atoms with E-state index >= 15 is 0 Å². The van der Waals surface area contributed by atoms with Crippen molar-refractivity contribution in [1.82, 2.24) is 0 Å². The summed E-state index contributed by atoms with van der Waals surface area (Å²) in [7, 11) is 0. The van der Waals surface area contributed by atoms with Gasteiger partial charge < -0.3 is 14.7 Å². The normalized spacial score (nSPS) is 23.5. The Morgan fingerprint density at radius 1 is 1.05 bits per heavy atom. The third-order valence-electron chi connectivity index (χ3n) is 5.39. The summed E-state index contributed by atoms with van der Waals surface area (Å²) in [6.07, 6.45) is 8.16. The van der Waals surface area contributed by atoms with Crippen LogP contribution in [0.25, 0.3) is 0 Å². The molecule has 0 atom stereocenters. The summed E-state index contributed by atoms with van der Waals surface area (Å²) in [6, 6.07) is 3.69. The molecule has 1 saturated carbocycles. The molecule has 1 aliphatic carbocycles. The van der Waals surface area contributed by atoms with Crippen LogP contribution in [-0.4, -0.2) is 29.6 Å². The van der Waals surface area contributed by atoms with Gasteiger partial charge in [-0.3, -0.25) is 4.79 Å². The van der Waals surface area contributed by atoms with Gasteiger partial charge in [0.15, 0.2) is 5.78 Å². The predicted octanol–water partition coefficient (Wildman–Crippen LogP) is 3.66. The largest absolute Gasteiger partial charge is 0.507 e. The minimum atomic E-state index is -0.321. The van der Waals surface area contributed by atoms with Gasteiger partial charge in [-0.2, -0.15) is 0 Å². The first kappa shape index (κ1) is 13.9. The van der Waals surface area contributed by atoms with Crippen molar-refractivity contribution < 1.29 is 14.6 Å². The third kappa shape index (κ3) is 2.25. The number of phenols is 1. The summed E-state index contributed by atoms with van der Waals surface area (Å²) >= 11 is 0. The number of anilines is 1. The highest BCUT2D eigenvalue weighted by atomic mass is 16.5. The zero-order valence-corrected chi connectivity index (χ0v) is 12.9. The summed E-state index contributed by atoms with van der Waals surface area (Å²) in [5.74, 6) is 0.712. The number of phenolic OH excluding ortho intramolecular Hbond substituents is 1. The highest BCUT2D eigenvalue weighted by Gasteiger charge is 2.42. The molecule has 2 heterocycles. The first-order valence-electron chi connectivity index (χ1n) is 8.51. The van der Waals surface area contributed by atoms with Gasteiger partial charge in [0.25, 0.3) is 0 Å². The second-order valence-electron chi connectivity index (χ2n) is 6.98. The fourth-order valence-corrected chi connectivity index (χ4v) is 4.23. The van der Waals surface area contributed by atoms with E-state index in [1.54, 1.807) is 6.07 Å². The molecule has 1 aromatic carbocycles. The Kier molecular flexibility index (Phi) is 3.28. The van der Waals surface area contributed by atoms with Gasteiger partial charge in [-0.25, -0.2) is 0 Å². The van der Waals surface area contributed by atoms with E-state index in [-0.39, 0.29) is 17.1 Å². The SMILES string of the molecule is O=C1CC2(CCCCC2)Oc2cc(N3CCCC3)cc(O)c21. The Morgan fingerprint density at radius 3 is 2.50 bits per heavy atom. The van der Waals surface area contributed by atoms with Crippen molar-refractivity contribution >= 4 is 11.5 Å². The van der Waals surface area contributed by atoms with Gasteiger partial charge in [-0.05, 0) is 38.5 Å². The summed E-state index contributed by atoms with van der Waals surface area (Å²) < 4.78 is 6.30. The van der Waals surface area contributed by atoms with Crippen molar-refractivity contribution in [2.75, 3.05) is 18.0 Å². The van der Waals surface area contributed by atoms with E-state index in [4.69, 9.17) is 4.74 Å². The van der Waals surface area contributed by atoms with Gasteiger partial charge >= 0.3 is 0 Å². The molecular formula is C18H23NO3.